The van der Waals surface area contributed by atoms with Gasteiger partial charge in [0.25, 0.3) is 0 Å². The van der Waals surface area contributed by atoms with Gasteiger partial charge in [-0.25, -0.2) is 13.4 Å². The van der Waals surface area contributed by atoms with E-state index in [1.807, 2.05) is 19.1 Å². The van der Waals surface area contributed by atoms with Crippen LogP contribution in [-0.4, -0.2) is 35.4 Å². The van der Waals surface area contributed by atoms with Crippen molar-refractivity contribution < 1.29 is 8.42 Å². The smallest absolute Gasteiger partial charge is 0.243 e. The quantitative estimate of drug-likeness (QED) is 0.630. The van der Waals surface area contributed by atoms with Gasteiger partial charge in [-0.1, -0.05) is 23.7 Å². The molecule has 0 unspecified atom stereocenters. The van der Waals surface area contributed by atoms with Gasteiger partial charge in [-0.05, 0) is 55.7 Å². The van der Waals surface area contributed by atoms with Crippen molar-refractivity contribution in [3.05, 3.63) is 65.0 Å². The van der Waals surface area contributed by atoms with Crippen molar-refractivity contribution in [3.63, 3.8) is 0 Å². The Morgan fingerprint density at radius 3 is 2.75 bits per heavy atom. The molecule has 5 nitrogen and oxygen atoms in total. The monoisotopic (exact) mass is 415 g/mol. The summed E-state index contributed by atoms with van der Waals surface area (Å²) in [5, 5.41) is 1.58. The highest BCUT2D eigenvalue weighted by atomic mass is 35.5. The molecule has 146 valence electrons. The molecule has 0 radical (unpaired) electrons. The van der Waals surface area contributed by atoms with Gasteiger partial charge in [0.1, 0.15) is 5.65 Å². The summed E-state index contributed by atoms with van der Waals surface area (Å²) in [7, 11) is -3.56. The van der Waals surface area contributed by atoms with Crippen LogP contribution in [-0.2, 0) is 16.6 Å². The summed E-state index contributed by atoms with van der Waals surface area (Å²) in [6.45, 7) is 5.58. The molecule has 0 atom stereocenters. The summed E-state index contributed by atoms with van der Waals surface area (Å²) < 4.78 is 29.6. The largest absolute Gasteiger partial charge is 0.332 e. The Bertz CT molecular complexity index is 1180. The van der Waals surface area contributed by atoms with Gasteiger partial charge in [0, 0.05) is 48.0 Å². The zero-order valence-electron chi connectivity index (χ0n) is 15.9. The summed E-state index contributed by atoms with van der Waals surface area (Å²) in [4.78, 5) is 4.74. The zero-order valence-corrected chi connectivity index (χ0v) is 17.5. The predicted molar refractivity (Wildman–Crippen MR) is 113 cm³/mol. The third-order valence-electron chi connectivity index (χ3n) is 5.27. The lowest BCUT2D eigenvalue weighted by atomic mass is 10.0. The highest BCUT2D eigenvalue weighted by Gasteiger charge is 2.27. The maximum absolute atomic E-state index is 13.0. The first-order valence-electron chi connectivity index (χ1n) is 9.31. The lowest BCUT2D eigenvalue weighted by Crippen LogP contribution is -2.34. The second-order valence-corrected chi connectivity index (χ2v) is 9.30. The fourth-order valence-electron chi connectivity index (χ4n) is 3.62. The second-order valence-electron chi connectivity index (χ2n) is 6.96. The fourth-order valence-corrected chi connectivity index (χ4v) is 5.27. The molecule has 1 aromatic carbocycles. The van der Waals surface area contributed by atoms with Crippen molar-refractivity contribution >= 4 is 38.2 Å². The Hall–Kier alpha value is -2.15. The molecule has 28 heavy (non-hydrogen) atoms. The number of hydrogen-bond donors (Lipinski definition) is 0. The van der Waals surface area contributed by atoms with Crippen LogP contribution in [0.25, 0.3) is 16.6 Å². The minimum atomic E-state index is -3.56. The third kappa shape index (κ3) is 3.26. The standard InChI is InChI=1S/C21H22ClN3O2S/c1-3-24-14-19(18-5-4-10-23-21(18)24)16-8-11-25(12-9-16)28(26,27)17-7-6-15(2)20(22)13-17/h4-8,10,13-14H,3,9,11-12H2,1-2H3. The first-order valence-corrected chi connectivity index (χ1v) is 11.1. The van der Waals surface area contributed by atoms with Gasteiger partial charge < -0.3 is 4.57 Å². The Kier molecular flexibility index (Phi) is 5.04. The number of rotatable bonds is 4. The van der Waals surface area contributed by atoms with Crippen LogP contribution in [0, 0.1) is 6.92 Å². The maximum Gasteiger partial charge on any atom is 0.243 e. The summed E-state index contributed by atoms with van der Waals surface area (Å²) in [6, 6.07) is 8.91. The number of benzene rings is 1. The molecule has 2 aromatic heterocycles. The zero-order chi connectivity index (χ0) is 19.9. The topological polar surface area (TPSA) is 55.2 Å². The van der Waals surface area contributed by atoms with Gasteiger partial charge in [0.05, 0.1) is 4.90 Å². The summed E-state index contributed by atoms with van der Waals surface area (Å²) in [5.41, 5.74) is 4.13. The van der Waals surface area contributed by atoms with Crippen molar-refractivity contribution in [3.8, 4) is 0 Å². The molecule has 3 aromatic rings. The minimum absolute atomic E-state index is 0.242. The van der Waals surface area contributed by atoms with E-state index in [2.05, 4.69) is 28.7 Å². The summed E-state index contributed by atoms with van der Waals surface area (Å²) in [5.74, 6) is 0. The Balaban J connectivity index is 1.64. The van der Waals surface area contributed by atoms with Crippen LogP contribution in [0.4, 0.5) is 0 Å². The van der Waals surface area contributed by atoms with Gasteiger partial charge in [-0.2, -0.15) is 4.31 Å². The molecular weight excluding hydrogens is 394 g/mol. The first kappa shape index (κ1) is 19.2. The number of aryl methyl sites for hydroxylation is 2. The van der Waals surface area contributed by atoms with Gasteiger partial charge in [-0.3, -0.25) is 0 Å². The van der Waals surface area contributed by atoms with E-state index in [4.69, 9.17) is 11.6 Å². The lowest BCUT2D eigenvalue weighted by molar-refractivity contribution is 0.441. The van der Waals surface area contributed by atoms with Crippen molar-refractivity contribution in [2.75, 3.05) is 13.1 Å². The van der Waals surface area contributed by atoms with E-state index in [9.17, 15) is 8.42 Å². The van der Waals surface area contributed by atoms with E-state index in [0.717, 1.165) is 28.7 Å². The lowest BCUT2D eigenvalue weighted by Gasteiger charge is -2.26. The highest BCUT2D eigenvalue weighted by Crippen LogP contribution is 2.32. The number of sulfonamides is 1. The van der Waals surface area contributed by atoms with Gasteiger partial charge in [0.15, 0.2) is 0 Å². The van der Waals surface area contributed by atoms with Crippen LogP contribution in [0.3, 0.4) is 0 Å². The average molecular weight is 416 g/mol. The van der Waals surface area contributed by atoms with E-state index in [-0.39, 0.29) is 4.90 Å². The number of fused-ring (bicyclic) bond motifs is 1. The summed E-state index contributed by atoms with van der Waals surface area (Å²) in [6.07, 6.45) is 6.59. The number of nitrogens with zero attached hydrogens (tertiary/aromatic N) is 3. The van der Waals surface area contributed by atoms with Gasteiger partial charge in [-0.15, -0.1) is 0 Å². The SMILES string of the molecule is CCn1cc(C2=CCN(S(=O)(=O)c3ccc(C)c(Cl)c3)CC2)c2cccnc21. The average Bonchev–Trinajstić information content (AvgIpc) is 3.09. The molecule has 0 bridgehead atoms. The molecule has 0 spiro atoms. The molecule has 7 heteroatoms. The van der Waals surface area contributed by atoms with Crippen molar-refractivity contribution in [1.29, 1.82) is 0 Å². The molecule has 3 heterocycles. The van der Waals surface area contributed by atoms with E-state index in [1.54, 1.807) is 18.3 Å². The minimum Gasteiger partial charge on any atom is -0.332 e. The number of pyridine rings is 1. The van der Waals surface area contributed by atoms with E-state index < -0.39 is 10.0 Å². The van der Waals surface area contributed by atoms with E-state index in [0.29, 0.717) is 24.5 Å². The van der Waals surface area contributed by atoms with Crippen LogP contribution < -0.4 is 0 Å². The van der Waals surface area contributed by atoms with Crippen molar-refractivity contribution in [2.24, 2.45) is 0 Å². The molecule has 0 amide bonds. The number of halogens is 1. The number of aromatic nitrogens is 2. The first-order chi connectivity index (χ1) is 13.4. The van der Waals surface area contributed by atoms with Crippen molar-refractivity contribution in [2.45, 2.75) is 31.7 Å². The molecule has 0 saturated heterocycles. The molecule has 0 saturated carbocycles. The second kappa shape index (κ2) is 7.35. The third-order valence-corrected chi connectivity index (χ3v) is 7.54. The molecule has 0 aliphatic carbocycles. The van der Waals surface area contributed by atoms with Crippen LogP contribution in [0.5, 0.6) is 0 Å². The Morgan fingerprint density at radius 1 is 1.25 bits per heavy atom. The summed E-state index contributed by atoms with van der Waals surface area (Å²) >= 11 is 6.13. The van der Waals surface area contributed by atoms with Gasteiger partial charge >= 0.3 is 0 Å². The highest BCUT2D eigenvalue weighted by molar-refractivity contribution is 7.89. The van der Waals surface area contributed by atoms with Crippen LogP contribution >= 0.6 is 11.6 Å². The predicted octanol–water partition coefficient (Wildman–Crippen LogP) is 4.50. The van der Waals surface area contributed by atoms with Crippen molar-refractivity contribution in [1.82, 2.24) is 13.9 Å². The van der Waals surface area contributed by atoms with E-state index >= 15 is 0 Å². The molecule has 0 fully saturated rings. The maximum atomic E-state index is 13.0. The molecular formula is C21H22ClN3O2S. The normalized spacial score (nSPS) is 15.8. The Morgan fingerprint density at radius 2 is 2.07 bits per heavy atom. The molecule has 4 rings (SSSR count). The van der Waals surface area contributed by atoms with Gasteiger partial charge in [0.2, 0.25) is 10.0 Å². The van der Waals surface area contributed by atoms with Crippen LogP contribution in [0.15, 0.2) is 53.7 Å². The van der Waals surface area contributed by atoms with E-state index in [1.165, 1.54) is 15.9 Å². The Labute approximate surface area is 170 Å². The number of hydrogen-bond acceptors (Lipinski definition) is 3. The molecule has 1 aliphatic heterocycles. The van der Waals surface area contributed by atoms with Crippen LogP contribution in [0.2, 0.25) is 5.02 Å². The molecule has 0 N–H and O–H groups in total. The fraction of sp³-hybridized carbons (Fsp3) is 0.286. The molecule has 1 aliphatic rings. The van der Waals surface area contributed by atoms with Crippen LogP contribution in [0.1, 0.15) is 24.5 Å².